The first-order valence-corrected chi connectivity index (χ1v) is 51.9. The van der Waals surface area contributed by atoms with Gasteiger partial charge in [-0.15, -0.1) is 25.3 Å². The number of carbonyl (C=O) groups excluding carboxylic acids is 20. The molecule has 10 rings (SSSR count). The van der Waals surface area contributed by atoms with Crippen LogP contribution in [0.5, 0.6) is 0 Å². The fraction of sp³-hybridized carbons (Fsp3) is 0.714. The van der Waals surface area contributed by atoms with Crippen LogP contribution < -0.4 is 56.9 Å². The lowest BCUT2D eigenvalue weighted by atomic mass is 9.96. The minimum Gasteiger partial charge on any atom is -0.372 e. The standard InChI is InChI=1S/5C10H20N2O.5C6H7NO3.C3H7NO.9C2H6.4CH3NO/c5*1-10(2,3)7-12-6-4-5-8(12)9(11)13;5*1-5-2-3-6(9)7(5)10-4-8;1-2-4-3-5;9*1-2;4*2-1-3/h5*8H,4-7H2,1-3H3,(H2,11,13);5*4H,1-3H2;3H,2H2,1H3,(H,4,5);9*1-2H3;4*1H,(H2,2,3)/i7+1,8+1,11+1;9+1,12+1;9+1,11+1;7+1,12+1;7+1,11+1;5*4+1;1+1,3+1,4+1;13*1+1,2+1. The Balaban J connectivity index is -0.000000110. The van der Waals surface area contributed by atoms with Crippen molar-refractivity contribution in [1.29, 1.82) is 0 Å². The molecular formula is C105H208N20O25. The number of allylic oxidation sites excluding steroid dienone is 5. The largest absolute Gasteiger partial charge is 0.372 e. The van der Waals surface area contributed by atoms with Gasteiger partial charge in [0.2, 0.25) is 61.6 Å². The van der Waals surface area contributed by atoms with E-state index in [4.69, 9.17) is 47.8 Å². The second kappa shape index (κ2) is 105. The summed E-state index contributed by atoms with van der Waals surface area (Å²) >= 11 is 0. The fourth-order valence-electron chi connectivity index (χ4n) is 13.9. The van der Waals surface area contributed by atoms with Crippen molar-refractivity contribution in [2.75, 3.05) is 72.0 Å². The Labute approximate surface area is 900 Å². The summed E-state index contributed by atoms with van der Waals surface area (Å²) in [7, 11) is 0. The van der Waals surface area contributed by atoms with Crippen molar-refractivity contribution in [3.63, 3.8) is 0 Å². The molecule has 0 aromatic rings. The number of primary amides is 9. The van der Waals surface area contributed by atoms with Crippen molar-refractivity contribution >= 4 is 123 Å². The van der Waals surface area contributed by atoms with Gasteiger partial charge in [0.05, 0.1) is 58.7 Å². The number of hydrogen-bond donors (Lipinski definition) is 10. The summed E-state index contributed by atoms with van der Waals surface area (Å²) in [5, 5.41) is 7.05. The number of rotatable bonds is 22. The third-order valence-corrected chi connectivity index (χ3v) is 18.6. The van der Waals surface area contributed by atoms with Gasteiger partial charge in [0.25, 0.3) is 29.5 Å². The van der Waals surface area contributed by atoms with Gasteiger partial charge in [0.1, 0.15) is 0 Å². The molecule has 45 nitrogen and oxygen atoms in total. The Kier molecular flexibility index (Phi) is 118. The van der Waals surface area contributed by atoms with E-state index in [0.29, 0.717) is 99.1 Å². The molecular weight excluding hydrogens is 1990 g/mol. The SMILES string of the molecule is C=C1CCC(=O)N1O[13CH]=O.C=C1CCC(=O)N1O[13CH]=O.C=C1CCC(=O)N1O[13CH]=O.C=C1CCC(=O)N1O[13CH]=O.C=C1CCC(=O)N1O[13CH]=O.CC(C)(C)CN1CCCC1[13C]([15NH2])=O.CC(C)(C)C[15N]1CCCC1[13C](N)=O.CC(C)(C)[13CH2]N1CCCC1C([15NH2])=O.CC(C)(C)[13CH2]N1CCC[13CH]1C([15NH2])=O.CC(C)(C)[13CH2][15N]1CCCC1C(N)=O.[13CH3]C[15NH][13CH]=O.[13CH3][13CH3].[13CH3][13CH3].[13CH3][13CH3].[13CH3][13CH3].[13CH3][13CH3].[13CH3][13CH3].[13CH3][13CH3].[13CH3][13CH3].[13CH3][13CH3].[15NH2][13CH]=O.[15NH2][13CH]=O.[15NH2][13CH]=O.[15NH2][13CH]=O. The number of carbonyl (C=O) groups is 20. The highest BCUT2D eigenvalue weighted by atomic mass is 16.8. The van der Waals surface area contributed by atoms with E-state index < -0.39 is 0 Å². The normalized spacial score (nSPS) is 17.7. The lowest BCUT2D eigenvalue weighted by Gasteiger charge is -2.29. The van der Waals surface area contributed by atoms with Crippen LogP contribution in [0.25, 0.3) is 0 Å². The van der Waals surface area contributed by atoms with Crippen LogP contribution in [0, 0.1) is 27.1 Å². The number of amides is 15. The molecule has 15 amide bonds. The molecule has 10 saturated heterocycles. The lowest BCUT2D eigenvalue weighted by Crippen LogP contribution is -2.43. The second-order valence-corrected chi connectivity index (χ2v) is 36.5. The van der Waals surface area contributed by atoms with E-state index in [0.717, 1.165) is 162 Å². The molecule has 5 unspecified atom stereocenters. The number of hydroxylamine groups is 10. The maximum Gasteiger partial charge on any atom is 0.321 e. The number of nitrogens with one attached hydrogen (secondary N) is 1. The number of likely N-dealkylation sites (tertiary alicyclic amines) is 5. The minimum atomic E-state index is -0.211. The van der Waals surface area contributed by atoms with Crippen molar-refractivity contribution in [1.82, 2.24) is 55.1 Å². The van der Waals surface area contributed by atoms with E-state index in [-0.39, 0.29) is 174 Å². The minimum absolute atomic E-state index is 0.0146. The number of nitrogens with zero attached hydrogens (tertiary/aromatic N) is 10. The Morgan fingerprint density at radius 2 is 0.393 bits per heavy atom. The molecule has 19 N–H and O–H groups in total. The average molecular weight is 2200 g/mol. The van der Waals surface area contributed by atoms with Crippen LogP contribution in [0.2, 0.25) is 0 Å². The molecule has 10 heterocycles. The summed E-state index contributed by atoms with van der Waals surface area (Å²) in [4.78, 5) is 234. The van der Waals surface area contributed by atoms with E-state index in [1.165, 1.54) is 0 Å². The van der Waals surface area contributed by atoms with Crippen LogP contribution in [0.3, 0.4) is 0 Å². The van der Waals surface area contributed by atoms with Crippen LogP contribution in [0.4, 0.5) is 0 Å². The first kappa shape index (κ1) is 168. The third kappa shape index (κ3) is 90.9. The summed E-state index contributed by atoms with van der Waals surface area (Å²) in [6.45, 7) is 100.0. The second-order valence-electron chi connectivity index (χ2n) is 36.5. The maximum atomic E-state index is 11.1. The highest BCUT2D eigenvalue weighted by molar-refractivity contribution is 5.84. The zero-order valence-electron chi connectivity index (χ0n) is 98.5. The zero-order valence-corrected chi connectivity index (χ0v) is 98.5. The first-order valence-electron chi connectivity index (χ1n) is 51.9. The van der Waals surface area contributed by atoms with Gasteiger partial charge in [-0.1, -0.05) is 261 Å². The van der Waals surface area contributed by atoms with E-state index in [9.17, 15) is 76.7 Å². The van der Waals surface area contributed by atoms with Gasteiger partial charge in [-0.3, -0.25) is 120 Å². The fourth-order valence-corrected chi connectivity index (χ4v) is 13.9. The topological polar surface area (TPSA) is 666 Å². The maximum absolute atomic E-state index is 11.1. The van der Waals surface area contributed by atoms with Gasteiger partial charge in [0, 0.05) is 71.4 Å². The summed E-state index contributed by atoms with van der Waals surface area (Å²) in [5.41, 5.74) is 47.2. The van der Waals surface area contributed by atoms with Crippen LogP contribution in [-0.2, 0) is 120 Å². The molecule has 0 aromatic heterocycles. The molecule has 45 heteroatoms. The van der Waals surface area contributed by atoms with E-state index >= 15 is 0 Å². The van der Waals surface area contributed by atoms with Crippen LogP contribution in [0.15, 0.2) is 61.4 Å². The van der Waals surface area contributed by atoms with E-state index in [1.807, 2.05) is 132 Å². The summed E-state index contributed by atoms with van der Waals surface area (Å²) < 4.78 is 0. The van der Waals surface area contributed by atoms with Gasteiger partial charge in [-0.25, -0.2) is 0 Å². The molecule has 0 aliphatic carbocycles. The Hall–Kier alpha value is -12.1. The summed E-state index contributed by atoms with van der Waals surface area (Å²) in [5.74, 6) is -1.88. The van der Waals surface area contributed by atoms with Gasteiger partial charge >= 0.3 is 32.4 Å². The monoisotopic (exact) mass is 2190 g/mol. The predicted molar refractivity (Wildman–Crippen MR) is 591 cm³/mol. The zero-order chi connectivity index (χ0) is 121. The molecule has 5 atom stereocenters. The highest BCUT2D eigenvalue weighted by Gasteiger charge is 2.38. The summed E-state index contributed by atoms with van der Waals surface area (Å²) in [6.07, 6.45) is 16.7. The molecule has 150 heavy (non-hydrogen) atoms. The van der Waals surface area contributed by atoms with Crippen molar-refractivity contribution in [3.8, 4) is 0 Å². The first-order chi connectivity index (χ1) is 70.3. The van der Waals surface area contributed by atoms with Crippen molar-refractivity contribution in [2.45, 2.75) is 394 Å². The molecule has 0 saturated carbocycles. The Morgan fingerprint density at radius 1 is 0.273 bits per heavy atom. The Morgan fingerprint density at radius 3 is 0.460 bits per heavy atom. The Bertz CT molecular complexity index is 3090. The third-order valence-electron chi connectivity index (χ3n) is 18.6. The average Bonchev–Trinajstić information content (AvgIpc) is 1.72. The predicted octanol–water partition coefficient (Wildman–Crippen LogP) is 11.4. The highest BCUT2D eigenvalue weighted by Crippen LogP contribution is 2.30. The molecule has 10 aliphatic heterocycles. The van der Waals surface area contributed by atoms with E-state index in [1.54, 1.807) is 0 Å². The van der Waals surface area contributed by atoms with Gasteiger partial charge in [-0.2, -0.15) is 0 Å². The number of nitrogens with two attached hydrogens (primary N) is 9. The molecule has 0 spiro atoms. The van der Waals surface area contributed by atoms with Crippen LogP contribution in [-0.4, -0.2) is 276 Å². The smallest absolute Gasteiger partial charge is 0.321 e. The van der Waals surface area contributed by atoms with Crippen molar-refractivity contribution in [3.05, 3.63) is 61.4 Å². The molecule has 0 radical (unpaired) electrons. The summed E-state index contributed by atoms with van der Waals surface area (Å²) in [6, 6.07) is -0.0730. The van der Waals surface area contributed by atoms with Gasteiger partial charge < -0.3 is 81.1 Å². The quantitative estimate of drug-likeness (QED) is 0.0273. The lowest BCUT2D eigenvalue weighted by molar-refractivity contribution is -0.174. The number of hydrogen-bond acceptors (Lipinski definition) is 30. The van der Waals surface area contributed by atoms with Crippen LogP contribution >= 0.6 is 0 Å². The molecule has 878 valence electrons. The van der Waals surface area contributed by atoms with Crippen LogP contribution in [0.1, 0.15) is 364 Å². The van der Waals surface area contributed by atoms with Crippen molar-refractivity contribution < 1.29 is 120 Å². The molecule has 10 aliphatic rings. The van der Waals surface area contributed by atoms with E-state index in [2.05, 4.69) is 214 Å². The molecule has 0 bridgehead atoms. The van der Waals surface area contributed by atoms with Crippen molar-refractivity contribution in [2.24, 2.45) is 78.7 Å². The van der Waals surface area contributed by atoms with Gasteiger partial charge in [-0.05, 0) is 163 Å². The van der Waals surface area contributed by atoms with Gasteiger partial charge in [0.15, 0.2) is 0 Å². The molecule has 10 fully saturated rings. The molecule has 0 aromatic carbocycles.